The number of hydrogen-bond acceptors (Lipinski definition) is 5. The molecule has 1 amide bonds. The second-order valence-electron chi connectivity index (χ2n) is 7.43. The summed E-state index contributed by atoms with van der Waals surface area (Å²) < 4.78 is 1.98. The number of rotatable bonds is 6. The van der Waals surface area contributed by atoms with Gasteiger partial charge in [-0.3, -0.25) is 14.3 Å². The second kappa shape index (κ2) is 9.14. The Morgan fingerprint density at radius 2 is 1.68 bits per heavy atom. The minimum atomic E-state index is -0.0840. The van der Waals surface area contributed by atoms with Crippen LogP contribution in [0.2, 0.25) is 0 Å². The van der Waals surface area contributed by atoms with Gasteiger partial charge in [0.1, 0.15) is 0 Å². The molecule has 0 radical (unpaired) electrons. The van der Waals surface area contributed by atoms with Crippen molar-refractivity contribution in [1.29, 1.82) is 0 Å². The number of carbonyl (C=O) groups is 1. The number of nitrogens with zero attached hydrogens (tertiary/aromatic N) is 4. The first-order valence-corrected chi connectivity index (χ1v) is 10.9. The van der Waals surface area contributed by atoms with Gasteiger partial charge in [-0.2, -0.15) is 0 Å². The zero-order valence-corrected chi connectivity index (χ0v) is 18.5. The van der Waals surface area contributed by atoms with Gasteiger partial charge in [-0.05, 0) is 73.9 Å². The van der Waals surface area contributed by atoms with Crippen molar-refractivity contribution in [3.63, 3.8) is 0 Å². The van der Waals surface area contributed by atoms with Gasteiger partial charge in [0, 0.05) is 29.3 Å². The summed E-state index contributed by atoms with van der Waals surface area (Å²) in [6.45, 7) is 6.08. The molecule has 0 aliphatic carbocycles. The summed E-state index contributed by atoms with van der Waals surface area (Å²) in [7, 11) is 0. The van der Waals surface area contributed by atoms with E-state index in [4.69, 9.17) is 0 Å². The molecular formula is C24H23N5OS. The lowest BCUT2D eigenvalue weighted by molar-refractivity contribution is -0.113. The van der Waals surface area contributed by atoms with Gasteiger partial charge in [-0.15, -0.1) is 10.2 Å². The first-order chi connectivity index (χ1) is 15.0. The van der Waals surface area contributed by atoms with Crippen LogP contribution in [0.15, 0.2) is 72.1 Å². The summed E-state index contributed by atoms with van der Waals surface area (Å²) in [5.74, 6) is 0.859. The summed E-state index contributed by atoms with van der Waals surface area (Å²) in [6.07, 6.45) is 3.46. The highest BCUT2D eigenvalue weighted by Crippen LogP contribution is 2.28. The van der Waals surface area contributed by atoms with Crippen LogP contribution < -0.4 is 5.32 Å². The molecule has 31 heavy (non-hydrogen) atoms. The number of nitrogens with one attached hydrogen (secondary N) is 1. The number of hydrogen-bond donors (Lipinski definition) is 1. The third kappa shape index (κ3) is 5.00. The van der Waals surface area contributed by atoms with Crippen LogP contribution >= 0.6 is 11.8 Å². The van der Waals surface area contributed by atoms with E-state index in [2.05, 4.69) is 32.6 Å². The SMILES string of the molecule is Cc1cc(C)cc(NC(=O)CSc2nnc(-c3ccncc3)n2-c2cccc(C)c2)c1. The standard InChI is InChI=1S/C24H23N5OS/c1-16-5-4-6-21(14-16)29-23(19-7-9-25-10-8-19)27-28-24(29)31-15-22(30)26-20-12-17(2)11-18(3)13-20/h4-14H,15H2,1-3H3,(H,26,30). The number of benzene rings is 2. The zero-order valence-electron chi connectivity index (χ0n) is 17.7. The van der Waals surface area contributed by atoms with Crippen LogP contribution in [0, 0.1) is 20.8 Å². The Labute approximate surface area is 185 Å². The monoisotopic (exact) mass is 429 g/mol. The van der Waals surface area contributed by atoms with Crippen molar-refractivity contribution in [2.75, 3.05) is 11.1 Å². The van der Waals surface area contributed by atoms with Crippen molar-refractivity contribution in [3.8, 4) is 17.1 Å². The molecule has 0 saturated heterocycles. The van der Waals surface area contributed by atoms with E-state index >= 15 is 0 Å². The minimum absolute atomic E-state index is 0.0840. The number of aryl methyl sites for hydroxylation is 3. The summed E-state index contributed by atoms with van der Waals surface area (Å²) in [6, 6.07) is 17.9. The number of thioether (sulfide) groups is 1. The van der Waals surface area contributed by atoms with E-state index in [1.165, 1.54) is 11.8 Å². The zero-order chi connectivity index (χ0) is 21.8. The first-order valence-electron chi connectivity index (χ1n) is 9.93. The molecule has 7 heteroatoms. The molecule has 156 valence electrons. The molecule has 6 nitrogen and oxygen atoms in total. The largest absolute Gasteiger partial charge is 0.325 e. The Morgan fingerprint density at radius 1 is 0.935 bits per heavy atom. The average Bonchev–Trinajstić information content (AvgIpc) is 3.16. The van der Waals surface area contributed by atoms with Gasteiger partial charge in [-0.1, -0.05) is 30.0 Å². The molecular weight excluding hydrogens is 406 g/mol. The fourth-order valence-corrected chi connectivity index (χ4v) is 4.18. The van der Waals surface area contributed by atoms with Crippen molar-refractivity contribution >= 4 is 23.4 Å². The molecule has 0 unspecified atom stereocenters. The predicted octanol–water partition coefficient (Wildman–Crippen LogP) is 4.99. The van der Waals surface area contributed by atoms with E-state index < -0.39 is 0 Å². The highest BCUT2D eigenvalue weighted by Gasteiger charge is 2.17. The normalized spacial score (nSPS) is 10.8. The van der Waals surface area contributed by atoms with Crippen LogP contribution in [-0.4, -0.2) is 31.4 Å². The quantitative estimate of drug-likeness (QED) is 0.437. The van der Waals surface area contributed by atoms with Crippen LogP contribution in [0.5, 0.6) is 0 Å². The van der Waals surface area contributed by atoms with Gasteiger partial charge in [0.15, 0.2) is 11.0 Å². The lowest BCUT2D eigenvalue weighted by Crippen LogP contribution is -2.14. The van der Waals surface area contributed by atoms with E-state index in [0.29, 0.717) is 11.0 Å². The molecule has 1 N–H and O–H groups in total. The van der Waals surface area contributed by atoms with Crippen molar-refractivity contribution in [2.45, 2.75) is 25.9 Å². The molecule has 4 rings (SSSR count). The van der Waals surface area contributed by atoms with Crippen LogP contribution in [0.1, 0.15) is 16.7 Å². The highest BCUT2D eigenvalue weighted by atomic mass is 32.2. The molecule has 0 saturated carbocycles. The lowest BCUT2D eigenvalue weighted by atomic mass is 10.1. The lowest BCUT2D eigenvalue weighted by Gasteiger charge is -2.11. The average molecular weight is 430 g/mol. The van der Waals surface area contributed by atoms with Crippen LogP contribution in [-0.2, 0) is 4.79 Å². The van der Waals surface area contributed by atoms with Gasteiger partial charge in [0.2, 0.25) is 5.91 Å². The Balaban J connectivity index is 1.59. The highest BCUT2D eigenvalue weighted by molar-refractivity contribution is 7.99. The van der Waals surface area contributed by atoms with Crippen molar-refractivity contribution < 1.29 is 4.79 Å². The van der Waals surface area contributed by atoms with Gasteiger partial charge < -0.3 is 5.32 Å². The fourth-order valence-electron chi connectivity index (χ4n) is 3.43. The fraction of sp³-hybridized carbons (Fsp3) is 0.167. The summed E-state index contributed by atoms with van der Waals surface area (Å²) >= 11 is 1.36. The number of carbonyl (C=O) groups excluding carboxylic acids is 1. The van der Waals surface area contributed by atoms with E-state index in [-0.39, 0.29) is 11.7 Å². The van der Waals surface area contributed by atoms with Crippen LogP contribution in [0.25, 0.3) is 17.1 Å². The van der Waals surface area contributed by atoms with Crippen molar-refractivity contribution in [3.05, 3.63) is 83.7 Å². The van der Waals surface area contributed by atoms with Gasteiger partial charge in [0.05, 0.1) is 5.75 Å². The van der Waals surface area contributed by atoms with Gasteiger partial charge in [-0.25, -0.2) is 0 Å². The topological polar surface area (TPSA) is 72.7 Å². The van der Waals surface area contributed by atoms with E-state index in [9.17, 15) is 4.79 Å². The maximum Gasteiger partial charge on any atom is 0.234 e. The summed E-state index contributed by atoms with van der Waals surface area (Å²) in [5.41, 5.74) is 6.04. The maximum atomic E-state index is 12.6. The van der Waals surface area contributed by atoms with Crippen LogP contribution in [0.4, 0.5) is 5.69 Å². The third-order valence-corrected chi connectivity index (χ3v) is 5.60. The second-order valence-corrected chi connectivity index (χ2v) is 8.37. The number of anilines is 1. The Hall–Kier alpha value is -3.45. The Kier molecular flexibility index (Phi) is 6.13. The number of pyridine rings is 1. The molecule has 2 aromatic heterocycles. The Bertz CT molecular complexity index is 1200. The molecule has 0 fully saturated rings. The molecule has 0 bridgehead atoms. The summed E-state index contributed by atoms with van der Waals surface area (Å²) in [4.78, 5) is 16.7. The molecule has 0 atom stereocenters. The minimum Gasteiger partial charge on any atom is -0.325 e. The van der Waals surface area contributed by atoms with Gasteiger partial charge >= 0.3 is 0 Å². The molecule has 0 aliphatic rings. The number of amides is 1. The molecule has 2 aromatic carbocycles. The van der Waals surface area contributed by atoms with E-state index in [1.54, 1.807) is 12.4 Å². The molecule has 0 spiro atoms. The predicted molar refractivity (Wildman–Crippen MR) is 125 cm³/mol. The third-order valence-electron chi connectivity index (χ3n) is 4.67. The number of aromatic nitrogens is 4. The molecule has 4 aromatic rings. The molecule has 0 aliphatic heterocycles. The molecule has 2 heterocycles. The van der Waals surface area contributed by atoms with E-state index in [1.807, 2.05) is 67.8 Å². The van der Waals surface area contributed by atoms with Crippen LogP contribution in [0.3, 0.4) is 0 Å². The smallest absolute Gasteiger partial charge is 0.234 e. The van der Waals surface area contributed by atoms with Crippen molar-refractivity contribution in [2.24, 2.45) is 0 Å². The maximum absolute atomic E-state index is 12.6. The first kappa shape index (κ1) is 20.8. The van der Waals surface area contributed by atoms with E-state index in [0.717, 1.165) is 33.6 Å². The van der Waals surface area contributed by atoms with Gasteiger partial charge in [0.25, 0.3) is 0 Å². The summed E-state index contributed by atoms with van der Waals surface area (Å²) in [5, 5.41) is 12.4. The van der Waals surface area contributed by atoms with Crippen molar-refractivity contribution in [1.82, 2.24) is 19.7 Å². The Morgan fingerprint density at radius 3 is 2.39 bits per heavy atom.